The van der Waals surface area contributed by atoms with Crippen molar-refractivity contribution in [1.82, 2.24) is 9.97 Å². The summed E-state index contributed by atoms with van der Waals surface area (Å²) in [4.78, 5) is 16.5. The monoisotopic (exact) mass is 460 g/mol. The molecule has 0 radical (unpaired) electrons. The first kappa shape index (κ1) is 21.1. The number of aromatic nitrogens is 2. The molecule has 0 spiro atoms. The fraction of sp³-hybridized carbons (Fsp3) is 0.462. The van der Waals surface area contributed by atoms with Gasteiger partial charge in [0.15, 0.2) is 0 Å². The van der Waals surface area contributed by atoms with Crippen LogP contribution in [0.5, 0.6) is 0 Å². The van der Waals surface area contributed by atoms with E-state index in [0.717, 1.165) is 60.9 Å². The van der Waals surface area contributed by atoms with Crippen LogP contribution in [-0.2, 0) is 17.2 Å². The van der Waals surface area contributed by atoms with E-state index in [0.29, 0.717) is 18.6 Å². The van der Waals surface area contributed by atoms with Gasteiger partial charge in [0.25, 0.3) is 0 Å². The van der Waals surface area contributed by atoms with Crippen LogP contribution in [0.15, 0.2) is 51.7 Å². The van der Waals surface area contributed by atoms with Crippen molar-refractivity contribution in [3.8, 4) is 0 Å². The zero-order chi connectivity index (χ0) is 22.4. The molecule has 33 heavy (non-hydrogen) atoms. The Morgan fingerprint density at radius 2 is 1.97 bits per heavy atom. The minimum absolute atomic E-state index is 0.0429. The van der Waals surface area contributed by atoms with Crippen molar-refractivity contribution in [2.45, 2.75) is 56.1 Å². The Morgan fingerprint density at radius 3 is 2.82 bits per heavy atom. The summed E-state index contributed by atoms with van der Waals surface area (Å²) in [6.07, 6.45) is 4.80. The number of rotatable bonds is 4. The first-order chi connectivity index (χ1) is 16.2. The van der Waals surface area contributed by atoms with Crippen LogP contribution in [0.3, 0.4) is 0 Å². The summed E-state index contributed by atoms with van der Waals surface area (Å²) in [7, 11) is -0.0429. The summed E-state index contributed by atoms with van der Waals surface area (Å²) in [6, 6.07) is 16.3. The predicted molar refractivity (Wildman–Crippen MR) is 137 cm³/mol. The molecule has 1 saturated carbocycles. The Bertz CT molecular complexity index is 1220. The standard InChI is InChI=1S/C26H32N6S/c1-18-8-11-23-22(15-18)25(32-12-4-6-21(32)16-27)29-26(28-23)31-13-14-33(30-20-9-10-20)24-7-3-2-5-19(24)17-31/h2-3,5,7-8,11,15,20-21H,4,6,9-10,12-14,16-17,27H2,1H3/t21-,33?/m1/s1. The van der Waals surface area contributed by atoms with Crippen LogP contribution in [0.2, 0.25) is 0 Å². The van der Waals surface area contributed by atoms with Crippen molar-refractivity contribution in [2.75, 3.05) is 35.2 Å². The van der Waals surface area contributed by atoms with Crippen LogP contribution in [0.1, 0.15) is 36.8 Å². The van der Waals surface area contributed by atoms with E-state index in [-0.39, 0.29) is 10.7 Å². The van der Waals surface area contributed by atoms with Gasteiger partial charge < -0.3 is 15.5 Å². The highest BCUT2D eigenvalue weighted by atomic mass is 32.2. The Balaban J connectivity index is 1.43. The number of hydrogen-bond acceptors (Lipinski definition) is 6. The number of benzene rings is 2. The topological polar surface area (TPSA) is 70.6 Å². The van der Waals surface area contributed by atoms with Crippen LogP contribution in [-0.4, -0.2) is 47.4 Å². The molecule has 3 heterocycles. The molecular weight excluding hydrogens is 428 g/mol. The molecule has 0 bridgehead atoms. The van der Waals surface area contributed by atoms with Crippen LogP contribution >= 0.6 is 0 Å². The highest BCUT2D eigenvalue weighted by Gasteiger charge is 2.29. The summed E-state index contributed by atoms with van der Waals surface area (Å²) >= 11 is 0. The fourth-order valence-corrected chi connectivity index (χ4v) is 7.10. The smallest absolute Gasteiger partial charge is 0.228 e. The SMILES string of the molecule is Cc1ccc2nc(N3CCS(=NC4CC4)c4ccccc4C3)nc(N3CCC[C@@H]3CN)c2c1. The number of nitrogens with zero attached hydrogens (tertiary/aromatic N) is 5. The van der Waals surface area contributed by atoms with Crippen LogP contribution in [0, 0.1) is 6.92 Å². The molecule has 2 atom stereocenters. The third kappa shape index (κ3) is 4.13. The molecule has 6 rings (SSSR count). The molecule has 1 saturated heterocycles. The van der Waals surface area contributed by atoms with E-state index in [1.807, 2.05) is 0 Å². The zero-order valence-corrected chi connectivity index (χ0v) is 20.1. The molecule has 3 aliphatic rings. The molecule has 7 heteroatoms. The largest absolute Gasteiger partial charge is 0.352 e. The van der Waals surface area contributed by atoms with E-state index in [2.05, 4.69) is 59.2 Å². The maximum atomic E-state index is 6.15. The van der Waals surface area contributed by atoms with E-state index in [1.54, 1.807) is 0 Å². The molecule has 2 aliphatic heterocycles. The average Bonchev–Trinajstić information content (AvgIpc) is 3.57. The second kappa shape index (κ2) is 8.69. The molecule has 1 aliphatic carbocycles. The maximum Gasteiger partial charge on any atom is 0.228 e. The molecule has 1 aromatic heterocycles. The number of aryl methyl sites for hydroxylation is 1. The minimum Gasteiger partial charge on any atom is -0.352 e. The van der Waals surface area contributed by atoms with Crippen LogP contribution in [0.4, 0.5) is 11.8 Å². The fourth-order valence-electron chi connectivity index (χ4n) is 5.03. The van der Waals surface area contributed by atoms with Crippen molar-refractivity contribution in [1.29, 1.82) is 0 Å². The maximum absolute atomic E-state index is 6.15. The van der Waals surface area contributed by atoms with Crippen molar-refractivity contribution < 1.29 is 0 Å². The van der Waals surface area contributed by atoms with E-state index in [9.17, 15) is 0 Å². The number of nitrogens with two attached hydrogens (primary N) is 1. The Labute approximate surface area is 198 Å². The molecule has 1 unspecified atom stereocenters. The van der Waals surface area contributed by atoms with Crippen molar-refractivity contribution >= 4 is 33.4 Å². The predicted octanol–water partition coefficient (Wildman–Crippen LogP) is 4.21. The molecule has 172 valence electrons. The van der Waals surface area contributed by atoms with Crippen molar-refractivity contribution in [3.05, 3.63) is 53.6 Å². The van der Waals surface area contributed by atoms with Gasteiger partial charge in [0.1, 0.15) is 5.82 Å². The first-order valence-electron chi connectivity index (χ1n) is 12.2. The van der Waals surface area contributed by atoms with Crippen molar-refractivity contribution in [2.24, 2.45) is 10.1 Å². The summed E-state index contributed by atoms with van der Waals surface area (Å²) in [6.45, 7) is 5.56. The van der Waals surface area contributed by atoms with Gasteiger partial charge in [-0.25, -0.2) is 4.98 Å². The third-order valence-electron chi connectivity index (χ3n) is 6.99. The summed E-state index contributed by atoms with van der Waals surface area (Å²) < 4.78 is 5.18. The van der Waals surface area contributed by atoms with Gasteiger partial charge in [0, 0.05) is 48.3 Å². The van der Waals surface area contributed by atoms with E-state index in [4.69, 9.17) is 20.1 Å². The highest BCUT2D eigenvalue weighted by Crippen LogP contribution is 2.34. The third-order valence-corrected chi connectivity index (χ3v) is 9.02. The molecule has 6 nitrogen and oxygen atoms in total. The average molecular weight is 461 g/mol. The van der Waals surface area contributed by atoms with Gasteiger partial charge in [0.2, 0.25) is 5.95 Å². The normalized spacial score (nSPS) is 23.2. The molecule has 2 N–H and O–H groups in total. The highest BCUT2D eigenvalue weighted by molar-refractivity contribution is 7.87. The van der Waals surface area contributed by atoms with Crippen molar-refractivity contribution in [3.63, 3.8) is 0 Å². The number of fused-ring (bicyclic) bond motifs is 2. The van der Waals surface area contributed by atoms with E-state index in [1.165, 1.54) is 28.9 Å². The number of hydrogen-bond donors (Lipinski definition) is 1. The Morgan fingerprint density at radius 1 is 1.09 bits per heavy atom. The molecule has 0 amide bonds. The lowest BCUT2D eigenvalue weighted by molar-refractivity contribution is 0.671. The molecule has 3 aromatic rings. The first-order valence-corrected chi connectivity index (χ1v) is 13.5. The van der Waals surface area contributed by atoms with E-state index < -0.39 is 0 Å². The second-order valence-electron chi connectivity index (χ2n) is 9.53. The quantitative estimate of drug-likeness (QED) is 0.632. The summed E-state index contributed by atoms with van der Waals surface area (Å²) in [5, 5.41) is 1.14. The Hall–Kier alpha value is -2.51. The van der Waals surface area contributed by atoms with Gasteiger partial charge >= 0.3 is 0 Å². The van der Waals surface area contributed by atoms with E-state index >= 15 is 0 Å². The molecular formula is C26H32N6S. The second-order valence-corrected chi connectivity index (χ2v) is 11.3. The number of anilines is 2. The van der Waals surface area contributed by atoms with Gasteiger partial charge in [-0.3, -0.25) is 4.36 Å². The molecule has 2 aromatic carbocycles. The lowest BCUT2D eigenvalue weighted by Gasteiger charge is -2.28. The Kier molecular flexibility index (Phi) is 5.54. The van der Waals surface area contributed by atoms with Crippen LogP contribution < -0.4 is 15.5 Å². The zero-order valence-electron chi connectivity index (χ0n) is 19.3. The summed E-state index contributed by atoms with van der Waals surface area (Å²) in [5.41, 5.74) is 9.75. The van der Waals surface area contributed by atoms with Crippen LogP contribution in [0.25, 0.3) is 10.9 Å². The van der Waals surface area contributed by atoms with Gasteiger partial charge in [0.05, 0.1) is 11.6 Å². The lowest BCUT2D eigenvalue weighted by atomic mass is 10.1. The molecule has 2 fully saturated rings. The van der Waals surface area contributed by atoms with Gasteiger partial charge in [-0.05, 0) is 56.4 Å². The lowest BCUT2D eigenvalue weighted by Crippen LogP contribution is -2.36. The minimum atomic E-state index is -0.0429. The van der Waals surface area contributed by atoms with Gasteiger partial charge in [-0.2, -0.15) is 4.98 Å². The summed E-state index contributed by atoms with van der Waals surface area (Å²) in [5.74, 6) is 2.91. The van der Waals surface area contributed by atoms with Gasteiger partial charge in [-0.1, -0.05) is 40.5 Å². The van der Waals surface area contributed by atoms with Gasteiger partial charge in [-0.15, -0.1) is 0 Å².